The molecule has 1 atom stereocenters. The van der Waals surface area contributed by atoms with E-state index in [0.717, 1.165) is 12.5 Å². The Morgan fingerprint density at radius 3 is 2.61 bits per heavy atom. The quantitative estimate of drug-likeness (QED) is 0.706. The lowest BCUT2D eigenvalue weighted by Gasteiger charge is -2.30. The van der Waals surface area contributed by atoms with Crippen molar-refractivity contribution in [2.24, 2.45) is 11.3 Å². The highest BCUT2D eigenvalue weighted by Gasteiger charge is 2.40. The third kappa shape index (κ3) is 4.03. The molecule has 0 aromatic heterocycles. The fourth-order valence-electron chi connectivity index (χ4n) is 2.55. The van der Waals surface area contributed by atoms with Gasteiger partial charge >= 0.3 is 0 Å². The fraction of sp³-hybridized carbons (Fsp3) is 0.625. The summed E-state index contributed by atoms with van der Waals surface area (Å²) in [7, 11) is 0. The second-order valence-corrected chi connectivity index (χ2v) is 6.79. The van der Waals surface area contributed by atoms with Crippen LogP contribution < -0.4 is 5.32 Å². The molecule has 0 saturated heterocycles. The van der Waals surface area contributed by atoms with E-state index < -0.39 is 0 Å². The molecule has 1 fully saturated rings. The van der Waals surface area contributed by atoms with Crippen LogP contribution in [0.1, 0.15) is 33.1 Å². The van der Waals surface area contributed by atoms with Crippen LogP contribution in [0.4, 0.5) is 0 Å². The minimum absolute atomic E-state index is 0.512. The third-order valence-electron chi connectivity index (χ3n) is 4.03. The van der Waals surface area contributed by atoms with E-state index in [1.807, 2.05) is 11.8 Å². The summed E-state index contributed by atoms with van der Waals surface area (Å²) in [6.07, 6.45) is 4.21. The maximum atomic E-state index is 3.55. The molecule has 1 aromatic rings. The van der Waals surface area contributed by atoms with Crippen molar-refractivity contribution in [2.45, 2.75) is 38.0 Å². The van der Waals surface area contributed by atoms with Crippen LogP contribution in [0.25, 0.3) is 0 Å². The van der Waals surface area contributed by atoms with Gasteiger partial charge in [0.05, 0.1) is 0 Å². The highest BCUT2D eigenvalue weighted by Crippen LogP contribution is 2.47. The standard InChI is InChI=1S/C16H25NS/c1-3-17-13-16(2,14-9-10-14)11-12-18-15-7-5-4-6-8-15/h4-8,14,17H,3,9-13H2,1-2H3. The van der Waals surface area contributed by atoms with E-state index >= 15 is 0 Å². The number of hydrogen-bond donors (Lipinski definition) is 1. The van der Waals surface area contributed by atoms with Crippen LogP contribution in [0, 0.1) is 11.3 Å². The maximum Gasteiger partial charge on any atom is 0.00719 e. The van der Waals surface area contributed by atoms with E-state index in [1.165, 1.54) is 36.5 Å². The van der Waals surface area contributed by atoms with Gasteiger partial charge in [-0.15, -0.1) is 11.8 Å². The molecule has 0 amide bonds. The van der Waals surface area contributed by atoms with Crippen LogP contribution >= 0.6 is 11.8 Å². The normalized spacial score (nSPS) is 18.6. The summed E-state index contributed by atoms with van der Waals surface area (Å²) in [4.78, 5) is 1.40. The van der Waals surface area contributed by atoms with Crippen molar-refractivity contribution >= 4 is 11.8 Å². The van der Waals surface area contributed by atoms with Gasteiger partial charge in [0, 0.05) is 11.4 Å². The average molecular weight is 263 g/mol. The molecular formula is C16H25NS. The largest absolute Gasteiger partial charge is 0.316 e. The van der Waals surface area contributed by atoms with Crippen molar-refractivity contribution in [1.82, 2.24) is 5.32 Å². The second-order valence-electron chi connectivity index (χ2n) is 5.62. The van der Waals surface area contributed by atoms with Gasteiger partial charge in [0.25, 0.3) is 0 Å². The first kappa shape index (κ1) is 14.0. The van der Waals surface area contributed by atoms with Gasteiger partial charge in [0.15, 0.2) is 0 Å². The fourth-order valence-corrected chi connectivity index (χ4v) is 3.70. The van der Waals surface area contributed by atoms with Crippen molar-refractivity contribution in [3.63, 3.8) is 0 Å². The van der Waals surface area contributed by atoms with Gasteiger partial charge in [-0.05, 0) is 55.0 Å². The van der Waals surface area contributed by atoms with E-state index in [9.17, 15) is 0 Å². The predicted molar refractivity (Wildman–Crippen MR) is 81.2 cm³/mol. The molecule has 1 N–H and O–H groups in total. The second kappa shape index (κ2) is 6.63. The molecule has 2 rings (SSSR count). The molecule has 1 saturated carbocycles. The molecule has 0 heterocycles. The Bertz CT molecular complexity index is 347. The molecule has 0 aliphatic heterocycles. The molecule has 1 aliphatic rings. The first-order valence-electron chi connectivity index (χ1n) is 7.13. The topological polar surface area (TPSA) is 12.0 Å². The highest BCUT2D eigenvalue weighted by atomic mass is 32.2. The number of benzene rings is 1. The van der Waals surface area contributed by atoms with Crippen LogP contribution in [-0.4, -0.2) is 18.8 Å². The Balaban J connectivity index is 1.79. The van der Waals surface area contributed by atoms with Gasteiger partial charge in [-0.2, -0.15) is 0 Å². The van der Waals surface area contributed by atoms with Gasteiger partial charge in [-0.1, -0.05) is 32.0 Å². The van der Waals surface area contributed by atoms with Gasteiger partial charge in [0.1, 0.15) is 0 Å². The lowest BCUT2D eigenvalue weighted by atomic mass is 9.82. The van der Waals surface area contributed by atoms with Crippen LogP contribution in [0.15, 0.2) is 35.2 Å². The number of hydrogen-bond acceptors (Lipinski definition) is 2. The molecule has 2 heteroatoms. The first-order chi connectivity index (χ1) is 8.74. The molecule has 1 aliphatic carbocycles. The van der Waals surface area contributed by atoms with Crippen molar-refractivity contribution in [1.29, 1.82) is 0 Å². The predicted octanol–water partition coefficient (Wildman–Crippen LogP) is 4.19. The van der Waals surface area contributed by atoms with E-state index in [0.29, 0.717) is 5.41 Å². The minimum Gasteiger partial charge on any atom is -0.316 e. The summed E-state index contributed by atoms with van der Waals surface area (Å²) >= 11 is 2.00. The van der Waals surface area contributed by atoms with Crippen LogP contribution in [0.3, 0.4) is 0 Å². The molecule has 1 aromatic carbocycles. The maximum absolute atomic E-state index is 3.55. The Labute approximate surface area is 116 Å². The van der Waals surface area contributed by atoms with Crippen molar-refractivity contribution in [3.05, 3.63) is 30.3 Å². The van der Waals surface area contributed by atoms with E-state index in [2.05, 4.69) is 49.5 Å². The third-order valence-corrected chi connectivity index (χ3v) is 5.04. The Hall–Kier alpha value is -0.470. The Morgan fingerprint density at radius 2 is 2.00 bits per heavy atom. The monoisotopic (exact) mass is 263 g/mol. The van der Waals surface area contributed by atoms with Crippen molar-refractivity contribution in [2.75, 3.05) is 18.8 Å². The summed E-state index contributed by atoms with van der Waals surface area (Å²) in [5.41, 5.74) is 0.512. The summed E-state index contributed by atoms with van der Waals surface area (Å²) in [6.45, 7) is 6.95. The lowest BCUT2D eigenvalue weighted by Crippen LogP contribution is -2.34. The molecule has 100 valence electrons. The number of nitrogens with one attached hydrogen (secondary N) is 1. The van der Waals surface area contributed by atoms with Gasteiger partial charge in [-0.25, -0.2) is 0 Å². The van der Waals surface area contributed by atoms with E-state index in [-0.39, 0.29) is 0 Å². The average Bonchev–Trinajstić information content (AvgIpc) is 3.22. The smallest absolute Gasteiger partial charge is 0.00719 e. The Kier molecular flexibility index (Phi) is 5.13. The number of rotatable bonds is 8. The molecule has 0 radical (unpaired) electrons. The summed E-state index contributed by atoms with van der Waals surface area (Å²) in [6, 6.07) is 10.8. The lowest BCUT2D eigenvalue weighted by molar-refractivity contribution is 0.252. The Morgan fingerprint density at radius 1 is 1.28 bits per heavy atom. The minimum atomic E-state index is 0.512. The van der Waals surface area contributed by atoms with Gasteiger partial charge in [-0.3, -0.25) is 0 Å². The van der Waals surface area contributed by atoms with Crippen LogP contribution in [0.2, 0.25) is 0 Å². The summed E-state index contributed by atoms with van der Waals surface area (Å²) < 4.78 is 0. The van der Waals surface area contributed by atoms with Crippen LogP contribution in [0.5, 0.6) is 0 Å². The van der Waals surface area contributed by atoms with E-state index in [4.69, 9.17) is 0 Å². The number of thioether (sulfide) groups is 1. The SMILES string of the molecule is CCNCC(C)(CCSc1ccccc1)C1CC1. The summed E-state index contributed by atoms with van der Waals surface area (Å²) in [5, 5.41) is 3.55. The molecule has 0 spiro atoms. The molecular weight excluding hydrogens is 238 g/mol. The zero-order valence-electron chi connectivity index (χ0n) is 11.6. The van der Waals surface area contributed by atoms with Crippen molar-refractivity contribution < 1.29 is 0 Å². The zero-order valence-corrected chi connectivity index (χ0v) is 12.4. The van der Waals surface area contributed by atoms with Crippen molar-refractivity contribution in [3.8, 4) is 0 Å². The zero-order chi connectivity index (χ0) is 12.8. The van der Waals surface area contributed by atoms with Gasteiger partial charge in [0.2, 0.25) is 0 Å². The van der Waals surface area contributed by atoms with Crippen LogP contribution in [-0.2, 0) is 0 Å². The molecule has 1 nitrogen and oxygen atoms in total. The molecule has 0 bridgehead atoms. The van der Waals surface area contributed by atoms with Gasteiger partial charge < -0.3 is 5.32 Å². The summed E-state index contributed by atoms with van der Waals surface area (Å²) in [5.74, 6) is 2.20. The highest BCUT2D eigenvalue weighted by molar-refractivity contribution is 7.99. The first-order valence-corrected chi connectivity index (χ1v) is 8.12. The molecule has 18 heavy (non-hydrogen) atoms. The van der Waals surface area contributed by atoms with E-state index in [1.54, 1.807) is 0 Å². The molecule has 1 unspecified atom stereocenters.